The number of hydrogen-bond donors (Lipinski definition) is 2. The molecule has 0 spiro atoms. The molecule has 0 aromatic heterocycles. The molecule has 0 heterocycles. The van der Waals surface area contributed by atoms with Crippen LogP contribution in [0.1, 0.15) is 18.1 Å². The molecule has 1 atom stereocenters. The molecule has 0 radical (unpaired) electrons. The summed E-state index contributed by atoms with van der Waals surface area (Å²) in [5, 5.41) is 6.35. The van der Waals surface area contributed by atoms with Crippen molar-refractivity contribution in [1.82, 2.24) is 10.6 Å². The molecule has 0 amide bonds. The third-order valence-corrected chi connectivity index (χ3v) is 6.62. The Morgan fingerprint density at radius 1 is 1.11 bits per heavy atom. The smallest absolute Gasteiger partial charge is 0.191 e. The predicted molar refractivity (Wildman–Crippen MR) is 115 cm³/mol. The Kier molecular flexibility index (Phi) is 8.19. The van der Waals surface area contributed by atoms with Gasteiger partial charge in [0.1, 0.15) is 0 Å². The van der Waals surface area contributed by atoms with E-state index in [1.165, 1.54) is 6.26 Å². The second kappa shape index (κ2) is 10.4. The molecule has 2 aromatic rings. The molecule has 0 fully saturated rings. The first-order valence-corrected chi connectivity index (χ1v) is 12.3. The van der Waals surface area contributed by atoms with Crippen LogP contribution >= 0.6 is 0 Å². The van der Waals surface area contributed by atoms with Gasteiger partial charge < -0.3 is 10.6 Å². The second-order valence-corrected chi connectivity index (χ2v) is 9.91. The molecule has 0 aliphatic heterocycles. The third-order valence-electron chi connectivity index (χ3n) is 3.99. The molecule has 0 saturated heterocycles. The molecule has 0 bridgehead atoms. The van der Waals surface area contributed by atoms with Crippen molar-refractivity contribution in [2.45, 2.75) is 30.2 Å². The molecule has 0 aliphatic carbocycles. The first-order chi connectivity index (χ1) is 13.3. The van der Waals surface area contributed by atoms with Crippen LogP contribution in [0, 0.1) is 6.92 Å². The fourth-order valence-electron chi connectivity index (χ4n) is 2.69. The van der Waals surface area contributed by atoms with Gasteiger partial charge in [-0.25, -0.2) is 13.4 Å². The van der Waals surface area contributed by atoms with Gasteiger partial charge in [0.2, 0.25) is 0 Å². The quantitative estimate of drug-likeness (QED) is 0.504. The number of nitrogens with zero attached hydrogens (tertiary/aromatic N) is 1. The number of hydrogen-bond acceptors (Lipinski definition) is 4. The Morgan fingerprint density at radius 2 is 1.82 bits per heavy atom. The molecule has 0 saturated carbocycles. The topological polar surface area (TPSA) is 87.6 Å². The van der Waals surface area contributed by atoms with E-state index in [0.29, 0.717) is 41.8 Å². The molecule has 2 N–H and O–H groups in total. The van der Waals surface area contributed by atoms with E-state index in [9.17, 15) is 12.6 Å². The second-order valence-electron chi connectivity index (χ2n) is 6.36. The predicted octanol–water partition coefficient (Wildman–Crippen LogP) is 2.26. The van der Waals surface area contributed by atoms with E-state index in [2.05, 4.69) is 15.6 Å². The Bertz CT molecular complexity index is 942. The lowest BCUT2D eigenvalue weighted by molar-refractivity contribution is 0.601. The van der Waals surface area contributed by atoms with Crippen molar-refractivity contribution >= 4 is 26.6 Å². The molecule has 8 heteroatoms. The molecule has 28 heavy (non-hydrogen) atoms. The van der Waals surface area contributed by atoms with E-state index < -0.39 is 20.6 Å². The van der Waals surface area contributed by atoms with E-state index in [1.54, 1.807) is 19.1 Å². The fraction of sp³-hybridized carbons (Fsp3) is 0.350. The van der Waals surface area contributed by atoms with E-state index >= 15 is 0 Å². The number of nitrogens with one attached hydrogen (secondary N) is 2. The summed E-state index contributed by atoms with van der Waals surface area (Å²) in [4.78, 5) is 5.69. The summed E-state index contributed by atoms with van der Waals surface area (Å²) < 4.78 is 35.7. The highest BCUT2D eigenvalue weighted by Gasteiger charge is 2.11. The highest BCUT2D eigenvalue weighted by Crippen LogP contribution is 2.17. The van der Waals surface area contributed by atoms with Gasteiger partial charge in [-0.3, -0.25) is 4.21 Å². The number of benzene rings is 2. The summed E-state index contributed by atoms with van der Waals surface area (Å²) >= 11 is 0. The first-order valence-electron chi connectivity index (χ1n) is 9.06. The van der Waals surface area contributed by atoms with Crippen LogP contribution in [0.25, 0.3) is 0 Å². The number of sulfone groups is 1. The maximum Gasteiger partial charge on any atom is 0.191 e. The number of guanidine groups is 1. The lowest BCUT2D eigenvalue weighted by atomic mass is 10.1. The van der Waals surface area contributed by atoms with E-state index in [1.807, 2.05) is 43.3 Å². The average Bonchev–Trinajstić information content (AvgIpc) is 2.65. The molecular formula is C20H27N3O3S2. The number of aliphatic imine (C=N–C) groups is 1. The van der Waals surface area contributed by atoms with Crippen LogP contribution in [0.2, 0.25) is 0 Å². The molecular weight excluding hydrogens is 394 g/mol. The fourth-order valence-corrected chi connectivity index (χ4v) is 4.63. The minimum atomic E-state index is -3.22. The maximum absolute atomic E-state index is 12.3. The molecule has 2 aromatic carbocycles. The Balaban J connectivity index is 1.96. The van der Waals surface area contributed by atoms with Gasteiger partial charge in [-0.15, -0.1) is 0 Å². The molecule has 6 nitrogen and oxygen atoms in total. The molecule has 152 valence electrons. The van der Waals surface area contributed by atoms with E-state index in [0.717, 1.165) is 10.5 Å². The molecule has 1 unspecified atom stereocenters. The molecule has 0 aliphatic rings. The summed E-state index contributed by atoms with van der Waals surface area (Å²) in [6, 6.07) is 14.6. The Hall–Kier alpha value is -2.19. The van der Waals surface area contributed by atoms with Crippen molar-refractivity contribution in [2.75, 3.05) is 25.1 Å². The van der Waals surface area contributed by atoms with Crippen molar-refractivity contribution in [1.29, 1.82) is 0 Å². The summed E-state index contributed by atoms with van der Waals surface area (Å²) in [5.74, 6) is 1.12. The van der Waals surface area contributed by atoms with E-state index in [4.69, 9.17) is 0 Å². The van der Waals surface area contributed by atoms with Gasteiger partial charge in [-0.05, 0) is 43.2 Å². The van der Waals surface area contributed by atoms with Crippen molar-refractivity contribution < 1.29 is 12.6 Å². The Labute approximate surface area is 169 Å². The van der Waals surface area contributed by atoms with Crippen LogP contribution < -0.4 is 10.6 Å². The van der Waals surface area contributed by atoms with Crippen molar-refractivity contribution in [2.24, 2.45) is 4.99 Å². The van der Waals surface area contributed by atoms with Crippen molar-refractivity contribution in [3.05, 3.63) is 59.7 Å². The van der Waals surface area contributed by atoms with Gasteiger partial charge >= 0.3 is 0 Å². The van der Waals surface area contributed by atoms with Crippen molar-refractivity contribution in [3.63, 3.8) is 0 Å². The van der Waals surface area contributed by atoms with Crippen LogP contribution in [-0.2, 0) is 27.2 Å². The summed E-state index contributed by atoms with van der Waals surface area (Å²) in [5.41, 5.74) is 1.64. The van der Waals surface area contributed by atoms with Gasteiger partial charge in [-0.1, -0.05) is 30.3 Å². The SMILES string of the molecule is CCNC(=NCc1ccc(S(C)(=O)=O)c(C)c1)NCCS(=O)c1ccccc1. The van der Waals surface area contributed by atoms with Crippen LogP contribution in [0.3, 0.4) is 0 Å². The Morgan fingerprint density at radius 3 is 2.43 bits per heavy atom. The lowest BCUT2D eigenvalue weighted by Crippen LogP contribution is -2.39. The largest absolute Gasteiger partial charge is 0.357 e. The summed E-state index contributed by atoms with van der Waals surface area (Å²) in [6.07, 6.45) is 1.21. The maximum atomic E-state index is 12.3. The zero-order valence-electron chi connectivity index (χ0n) is 16.4. The van der Waals surface area contributed by atoms with E-state index in [-0.39, 0.29) is 0 Å². The monoisotopic (exact) mass is 421 g/mol. The van der Waals surface area contributed by atoms with Gasteiger partial charge in [0.05, 0.1) is 22.2 Å². The lowest BCUT2D eigenvalue weighted by Gasteiger charge is -2.12. The average molecular weight is 422 g/mol. The van der Waals surface area contributed by atoms with Crippen LogP contribution in [0.5, 0.6) is 0 Å². The van der Waals surface area contributed by atoms with Crippen LogP contribution in [0.4, 0.5) is 0 Å². The third kappa shape index (κ3) is 6.76. The van der Waals surface area contributed by atoms with Crippen LogP contribution in [-0.4, -0.2) is 43.7 Å². The van der Waals surface area contributed by atoms with Gasteiger partial charge in [0, 0.05) is 30.0 Å². The highest BCUT2D eigenvalue weighted by molar-refractivity contribution is 7.90. The standard InChI is InChI=1S/C20H27N3O3S2/c1-4-21-20(22-12-13-27(24)18-8-6-5-7-9-18)23-15-17-10-11-19(16(2)14-17)28(3,25)26/h5-11,14H,4,12-13,15H2,1-3H3,(H2,21,22,23). The van der Waals surface area contributed by atoms with Crippen LogP contribution in [0.15, 0.2) is 63.3 Å². The minimum Gasteiger partial charge on any atom is -0.357 e. The molecule has 2 rings (SSSR count). The summed E-state index contributed by atoms with van der Waals surface area (Å²) in [6.45, 7) is 5.41. The number of rotatable bonds is 8. The zero-order chi connectivity index (χ0) is 20.6. The minimum absolute atomic E-state index is 0.341. The zero-order valence-corrected chi connectivity index (χ0v) is 18.1. The van der Waals surface area contributed by atoms with Crippen molar-refractivity contribution in [3.8, 4) is 0 Å². The van der Waals surface area contributed by atoms with Gasteiger partial charge in [-0.2, -0.15) is 0 Å². The first kappa shape index (κ1) is 22.1. The normalized spacial score (nSPS) is 13.2. The number of aryl methyl sites for hydroxylation is 1. The highest BCUT2D eigenvalue weighted by atomic mass is 32.2. The van der Waals surface area contributed by atoms with Gasteiger partial charge in [0.15, 0.2) is 15.8 Å². The summed E-state index contributed by atoms with van der Waals surface area (Å²) in [7, 11) is -4.28. The van der Waals surface area contributed by atoms with Gasteiger partial charge in [0.25, 0.3) is 0 Å².